The number of hydrogen-bond acceptors (Lipinski definition) is 11. The molecule has 2 saturated heterocycles. The van der Waals surface area contributed by atoms with Crippen molar-refractivity contribution >= 4 is 27.0 Å². The summed E-state index contributed by atoms with van der Waals surface area (Å²) in [4.78, 5) is 22.6. The van der Waals surface area contributed by atoms with Gasteiger partial charge >= 0.3 is 0 Å². The fourth-order valence-electron chi connectivity index (χ4n) is 5.46. The summed E-state index contributed by atoms with van der Waals surface area (Å²) in [6, 6.07) is 4.74. The van der Waals surface area contributed by atoms with Gasteiger partial charge in [-0.05, 0) is 52.0 Å². The number of sulfonamides is 1. The Kier molecular flexibility index (Phi) is 9.70. The first-order chi connectivity index (χ1) is 20.5. The van der Waals surface area contributed by atoms with Crippen LogP contribution < -0.4 is 15.0 Å². The highest BCUT2D eigenvalue weighted by molar-refractivity contribution is 7.88. The lowest BCUT2D eigenvalue weighted by Gasteiger charge is -2.33. The lowest BCUT2D eigenvalue weighted by molar-refractivity contribution is 0.122. The summed E-state index contributed by atoms with van der Waals surface area (Å²) in [5, 5.41) is 3.66. The molecular weight excluding hydrogens is 584 g/mol. The molecule has 0 spiro atoms. The third kappa shape index (κ3) is 7.20. The van der Waals surface area contributed by atoms with E-state index in [4.69, 9.17) is 24.4 Å². The predicted octanol–water partition coefficient (Wildman–Crippen LogP) is 2.00. The van der Waals surface area contributed by atoms with Crippen molar-refractivity contribution in [2.75, 3.05) is 78.3 Å². The number of para-hydroxylation sites is 1. The number of methoxy groups -OCH3 is 1. The zero-order valence-electron chi connectivity index (χ0n) is 24.9. The molecule has 4 heterocycles. The number of alkyl halides is 2. The van der Waals surface area contributed by atoms with Crippen molar-refractivity contribution in [3.8, 4) is 11.7 Å². The Balaban J connectivity index is 1.59. The Morgan fingerprint density at radius 3 is 2.40 bits per heavy atom. The molecule has 1 atom stereocenters. The van der Waals surface area contributed by atoms with Crippen LogP contribution in [0.25, 0.3) is 17.0 Å². The van der Waals surface area contributed by atoms with Crippen molar-refractivity contribution in [2.24, 2.45) is 0 Å². The maximum atomic E-state index is 14.4. The van der Waals surface area contributed by atoms with Gasteiger partial charge in [0, 0.05) is 32.2 Å². The number of ether oxygens (including phenoxy) is 2. The summed E-state index contributed by atoms with van der Waals surface area (Å²) in [6.45, 7) is 3.61. The van der Waals surface area contributed by atoms with Crippen LogP contribution in [-0.2, 0) is 14.8 Å². The van der Waals surface area contributed by atoms with E-state index in [1.54, 1.807) is 18.2 Å². The molecule has 2 fully saturated rings. The summed E-state index contributed by atoms with van der Waals surface area (Å²) >= 11 is 0. The number of piperidine rings is 1. The maximum Gasteiger partial charge on any atom is 0.296 e. The van der Waals surface area contributed by atoms with Crippen molar-refractivity contribution in [3.05, 3.63) is 29.8 Å². The van der Waals surface area contributed by atoms with Crippen LogP contribution in [0.1, 0.15) is 43.4 Å². The fourth-order valence-corrected chi connectivity index (χ4v) is 6.33. The maximum absolute atomic E-state index is 14.4. The van der Waals surface area contributed by atoms with Gasteiger partial charge in [-0.2, -0.15) is 15.0 Å². The number of nitrogens with one attached hydrogen (secondary N) is 1. The van der Waals surface area contributed by atoms with E-state index in [0.717, 1.165) is 0 Å². The van der Waals surface area contributed by atoms with Crippen molar-refractivity contribution in [3.63, 3.8) is 0 Å². The molecule has 1 unspecified atom stereocenters. The molecule has 236 valence electrons. The minimum Gasteiger partial charge on any atom is -0.494 e. The minimum atomic E-state index is -3.26. The molecule has 0 saturated carbocycles. The smallest absolute Gasteiger partial charge is 0.296 e. The van der Waals surface area contributed by atoms with E-state index in [0.29, 0.717) is 88.2 Å². The summed E-state index contributed by atoms with van der Waals surface area (Å²) in [6.07, 6.45) is 0.212. The quantitative estimate of drug-likeness (QED) is 0.337. The summed E-state index contributed by atoms with van der Waals surface area (Å²) in [5.41, 5.74) is 0.681. The zero-order chi connectivity index (χ0) is 30.7. The number of morpholine rings is 1. The van der Waals surface area contributed by atoms with Gasteiger partial charge in [0.1, 0.15) is 11.3 Å². The van der Waals surface area contributed by atoms with E-state index in [1.807, 2.05) is 19.0 Å². The van der Waals surface area contributed by atoms with Crippen LogP contribution in [0.4, 0.5) is 14.7 Å². The second kappa shape index (κ2) is 13.3. The highest BCUT2D eigenvalue weighted by Crippen LogP contribution is 2.32. The molecule has 16 heteroatoms. The molecular formula is C27H39F2N9O4S. The Morgan fingerprint density at radius 2 is 1.77 bits per heavy atom. The lowest BCUT2D eigenvalue weighted by atomic mass is 10.0. The normalized spacial score (nSPS) is 18.2. The van der Waals surface area contributed by atoms with E-state index in [9.17, 15) is 17.2 Å². The molecule has 3 aromatic rings. The molecule has 2 aromatic heterocycles. The Labute approximate surface area is 250 Å². The van der Waals surface area contributed by atoms with E-state index in [-0.39, 0.29) is 23.5 Å². The SMILES string of the molecule is COc1cccc2c1nc(C(F)F)n2-c1nc(C(CCN(C)C)NC2CCN(S(C)(=O)=O)CC2)nc(N2CCOCC2)n1. The molecule has 1 N–H and O–H groups in total. The molecule has 0 aliphatic carbocycles. The Bertz CT molecular complexity index is 1510. The average molecular weight is 624 g/mol. The highest BCUT2D eigenvalue weighted by atomic mass is 32.2. The number of fused-ring (bicyclic) bond motifs is 1. The number of hydrogen-bond donors (Lipinski definition) is 1. The number of halogens is 2. The van der Waals surface area contributed by atoms with Crippen LogP contribution in [0.2, 0.25) is 0 Å². The minimum absolute atomic E-state index is 0.0205. The molecule has 2 aliphatic heterocycles. The van der Waals surface area contributed by atoms with Crippen molar-refractivity contribution in [1.29, 1.82) is 0 Å². The topological polar surface area (TPSA) is 131 Å². The van der Waals surface area contributed by atoms with Crippen LogP contribution in [0.15, 0.2) is 18.2 Å². The van der Waals surface area contributed by atoms with E-state index >= 15 is 0 Å². The first-order valence-electron chi connectivity index (χ1n) is 14.3. The first kappa shape index (κ1) is 31.4. The second-order valence-corrected chi connectivity index (χ2v) is 13.1. The lowest BCUT2D eigenvalue weighted by Crippen LogP contribution is -2.46. The summed E-state index contributed by atoms with van der Waals surface area (Å²) in [5.74, 6) is 0.712. The van der Waals surface area contributed by atoms with Gasteiger partial charge in [0.2, 0.25) is 21.9 Å². The fraction of sp³-hybridized carbons (Fsp3) is 0.630. The van der Waals surface area contributed by atoms with Gasteiger partial charge in [0.05, 0.1) is 38.1 Å². The number of nitrogens with zero attached hydrogens (tertiary/aromatic N) is 8. The molecule has 5 rings (SSSR count). The van der Waals surface area contributed by atoms with Gasteiger partial charge in [-0.15, -0.1) is 0 Å². The predicted molar refractivity (Wildman–Crippen MR) is 157 cm³/mol. The number of benzene rings is 1. The van der Waals surface area contributed by atoms with Gasteiger partial charge in [-0.25, -0.2) is 26.5 Å². The first-order valence-corrected chi connectivity index (χ1v) is 16.2. The Hall–Kier alpha value is -3.05. The molecule has 0 amide bonds. The van der Waals surface area contributed by atoms with Crippen LogP contribution in [0.5, 0.6) is 5.75 Å². The van der Waals surface area contributed by atoms with E-state index < -0.39 is 22.3 Å². The van der Waals surface area contributed by atoms with Gasteiger partial charge in [-0.3, -0.25) is 4.57 Å². The van der Waals surface area contributed by atoms with Gasteiger partial charge in [-0.1, -0.05) is 6.07 Å². The number of aromatic nitrogens is 5. The van der Waals surface area contributed by atoms with Gasteiger partial charge < -0.3 is 24.6 Å². The molecule has 0 radical (unpaired) electrons. The largest absolute Gasteiger partial charge is 0.494 e. The standard InChI is InChI=1S/C27H39F2N9O4S/c1-35(2)11-10-19(30-18-8-12-37(13-9-18)43(4,39)40)24-32-26(36-14-16-42-17-15-36)34-27(33-24)38-20-6-5-7-21(41-3)22(20)31-25(38)23(28)29/h5-7,18-19,23,30H,8-17H2,1-4H3. The van der Waals surface area contributed by atoms with Crippen LogP contribution >= 0.6 is 0 Å². The number of rotatable bonds is 11. The monoisotopic (exact) mass is 623 g/mol. The van der Waals surface area contributed by atoms with Crippen molar-refractivity contribution < 1.29 is 26.7 Å². The third-order valence-corrected chi connectivity index (χ3v) is 9.05. The van der Waals surface area contributed by atoms with Crippen LogP contribution in [0.3, 0.4) is 0 Å². The third-order valence-electron chi connectivity index (χ3n) is 7.75. The summed E-state index contributed by atoms with van der Waals surface area (Å²) in [7, 11) is 2.15. The molecule has 43 heavy (non-hydrogen) atoms. The van der Waals surface area contributed by atoms with Crippen LogP contribution in [-0.4, -0.2) is 122 Å². The number of anilines is 1. The summed E-state index contributed by atoms with van der Waals surface area (Å²) < 4.78 is 66.7. The van der Waals surface area contributed by atoms with Crippen molar-refractivity contribution in [1.82, 2.24) is 39.0 Å². The van der Waals surface area contributed by atoms with Crippen molar-refractivity contribution in [2.45, 2.75) is 37.8 Å². The number of imidazole rings is 1. The molecule has 2 aliphatic rings. The average Bonchev–Trinajstić information content (AvgIpc) is 3.39. The molecule has 0 bridgehead atoms. The zero-order valence-corrected chi connectivity index (χ0v) is 25.7. The van der Waals surface area contributed by atoms with Gasteiger partial charge in [0.15, 0.2) is 11.6 Å². The van der Waals surface area contributed by atoms with Crippen LogP contribution in [0, 0.1) is 0 Å². The molecule has 1 aromatic carbocycles. The van der Waals surface area contributed by atoms with Gasteiger partial charge in [0.25, 0.3) is 6.43 Å². The van der Waals surface area contributed by atoms with E-state index in [2.05, 4.69) is 15.2 Å². The highest BCUT2D eigenvalue weighted by Gasteiger charge is 2.30. The Morgan fingerprint density at radius 1 is 1.07 bits per heavy atom. The molecule has 13 nitrogen and oxygen atoms in total. The van der Waals surface area contributed by atoms with E-state index in [1.165, 1.54) is 22.2 Å². The second-order valence-electron chi connectivity index (χ2n) is 11.1.